The maximum Gasteiger partial charge on any atom is 0.254 e. The van der Waals surface area contributed by atoms with E-state index in [2.05, 4.69) is 38.4 Å². The SMILES string of the molecule is COCCNC(=O)c1cnc(N2CCCc3ccccc32)nc1. The summed E-state index contributed by atoms with van der Waals surface area (Å²) in [4.78, 5) is 22.8. The van der Waals surface area contributed by atoms with Gasteiger partial charge in [-0.05, 0) is 24.5 Å². The van der Waals surface area contributed by atoms with E-state index in [-0.39, 0.29) is 5.91 Å². The van der Waals surface area contributed by atoms with E-state index in [4.69, 9.17) is 4.74 Å². The minimum absolute atomic E-state index is 0.187. The number of benzene rings is 1. The highest BCUT2D eigenvalue weighted by Gasteiger charge is 2.20. The molecule has 0 spiro atoms. The number of para-hydroxylation sites is 1. The van der Waals surface area contributed by atoms with Crippen LogP contribution in [0.2, 0.25) is 0 Å². The third kappa shape index (κ3) is 3.48. The van der Waals surface area contributed by atoms with Gasteiger partial charge in [-0.1, -0.05) is 18.2 Å². The zero-order valence-corrected chi connectivity index (χ0v) is 13.2. The predicted molar refractivity (Wildman–Crippen MR) is 88.0 cm³/mol. The van der Waals surface area contributed by atoms with Crippen molar-refractivity contribution >= 4 is 17.5 Å². The molecule has 120 valence electrons. The van der Waals surface area contributed by atoms with Crippen molar-refractivity contribution in [3.63, 3.8) is 0 Å². The molecule has 1 N–H and O–H groups in total. The van der Waals surface area contributed by atoms with E-state index < -0.39 is 0 Å². The molecule has 1 aliphatic rings. The van der Waals surface area contributed by atoms with Crippen molar-refractivity contribution in [3.8, 4) is 0 Å². The number of fused-ring (bicyclic) bond motifs is 1. The predicted octanol–water partition coefficient (Wildman–Crippen LogP) is 1.94. The molecule has 0 radical (unpaired) electrons. The smallest absolute Gasteiger partial charge is 0.254 e. The van der Waals surface area contributed by atoms with Gasteiger partial charge in [-0.15, -0.1) is 0 Å². The maximum atomic E-state index is 11.9. The summed E-state index contributed by atoms with van der Waals surface area (Å²) in [5, 5.41) is 2.76. The van der Waals surface area contributed by atoms with Crippen LogP contribution in [0.3, 0.4) is 0 Å². The van der Waals surface area contributed by atoms with Crippen LogP contribution in [0.5, 0.6) is 0 Å². The molecule has 23 heavy (non-hydrogen) atoms. The van der Waals surface area contributed by atoms with Crippen molar-refractivity contribution in [2.24, 2.45) is 0 Å². The number of ether oxygens (including phenoxy) is 1. The zero-order chi connectivity index (χ0) is 16.1. The number of carbonyl (C=O) groups is 1. The average molecular weight is 312 g/mol. The molecular weight excluding hydrogens is 292 g/mol. The summed E-state index contributed by atoms with van der Waals surface area (Å²) < 4.78 is 4.91. The Morgan fingerprint density at radius 2 is 2.09 bits per heavy atom. The number of nitrogens with zero attached hydrogens (tertiary/aromatic N) is 3. The van der Waals surface area contributed by atoms with Gasteiger partial charge in [-0.2, -0.15) is 0 Å². The van der Waals surface area contributed by atoms with Crippen molar-refractivity contribution in [2.75, 3.05) is 31.7 Å². The lowest BCUT2D eigenvalue weighted by Crippen LogP contribution is -2.28. The number of aromatic nitrogens is 2. The Bertz CT molecular complexity index is 673. The molecular formula is C17H20N4O2. The first kappa shape index (κ1) is 15.4. The van der Waals surface area contributed by atoms with Gasteiger partial charge >= 0.3 is 0 Å². The van der Waals surface area contributed by atoms with Crippen molar-refractivity contribution < 1.29 is 9.53 Å². The normalized spacial score (nSPS) is 13.5. The summed E-state index contributed by atoms with van der Waals surface area (Å²) in [6.45, 7) is 1.84. The molecule has 2 aromatic rings. The van der Waals surface area contributed by atoms with Gasteiger partial charge in [0.1, 0.15) is 0 Å². The Hall–Kier alpha value is -2.47. The standard InChI is InChI=1S/C17H20N4O2/c1-23-10-8-18-16(22)14-11-19-17(20-12-14)21-9-4-6-13-5-2-3-7-15(13)21/h2-3,5,7,11-12H,4,6,8-10H2,1H3,(H,18,22). The van der Waals surface area contributed by atoms with Gasteiger partial charge in [0, 0.05) is 38.3 Å². The number of carbonyl (C=O) groups excluding carboxylic acids is 1. The molecule has 0 fully saturated rings. The second kappa shape index (κ2) is 7.19. The fourth-order valence-corrected chi connectivity index (χ4v) is 2.69. The van der Waals surface area contributed by atoms with Crippen LogP contribution in [-0.4, -0.2) is 42.7 Å². The van der Waals surface area contributed by atoms with E-state index >= 15 is 0 Å². The van der Waals surface area contributed by atoms with E-state index in [1.807, 2.05) is 6.07 Å². The van der Waals surface area contributed by atoms with Crippen LogP contribution < -0.4 is 10.2 Å². The lowest BCUT2D eigenvalue weighted by molar-refractivity contribution is 0.0936. The third-order valence-electron chi connectivity index (χ3n) is 3.84. The molecule has 1 aromatic heterocycles. The highest BCUT2D eigenvalue weighted by atomic mass is 16.5. The second-order valence-electron chi connectivity index (χ2n) is 5.40. The van der Waals surface area contributed by atoms with Crippen LogP contribution >= 0.6 is 0 Å². The largest absolute Gasteiger partial charge is 0.383 e. The summed E-state index contributed by atoms with van der Waals surface area (Å²) in [5.41, 5.74) is 2.91. The highest BCUT2D eigenvalue weighted by Crippen LogP contribution is 2.30. The van der Waals surface area contributed by atoms with Crippen LogP contribution in [0.25, 0.3) is 0 Å². The molecule has 2 heterocycles. The molecule has 0 unspecified atom stereocenters. The van der Waals surface area contributed by atoms with Crippen molar-refractivity contribution in [3.05, 3.63) is 47.8 Å². The van der Waals surface area contributed by atoms with Crippen molar-refractivity contribution in [1.29, 1.82) is 0 Å². The van der Waals surface area contributed by atoms with E-state index in [1.165, 1.54) is 5.56 Å². The van der Waals surface area contributed by atoms with E-state index in [1.54, 1.807) is 19.5 Å². The second-order valence-corrected chi connectivity index (χ2v) is 5.40. The molecule has 0 atom stereocenters. The number of hydrogen-bond acceptors (Lipinski definition) is 5. The summed E-state index contributed by atoms with van der Waals surface area (Å²) in [7, 11) is 1.60. The lowest BCUT2D eigenvalue weighted by atomic mass is 10.0. The number of nitrogens with one attached hydrogen (secondary N) is 1. The average Bonchev–Trinajstić information content (AvgIpc) is 2.61. The summed E-state index contributed by atoms with van der Waals surface area (Å²) in [6, 6.07) is 8.30. The van der Waals surface area contributed by atoms with Crippen molar-refractivity contribution in [1.82, 2.24) is 15.3 Å². The molecule has 1 amide bonds. The third-order valence-corrected chi connectivity index (χ3v) is 3.84. The fourth-order valence-electron chi connectivity index (χ4n) is 2.69. The zero-order valence-electron chi connectivity index (χ0n) is 13.2. The van der Waals surface area contributed by atoms with Gasteiger partial charge in [0.2, 0.25) is 5.95 Å². The van der Waals surface area contributed by atoms with Gasteiger partial charge in [-0.25, -0.2) is 9.97 Å². The Kier molecular flexibility index (Phi) is 4.83. The van der Waals surface area contributed by atoms with Crippen LogP contribution in [0.4, 0.5) is 11.6 Å². The number of rotatable bonds is 5. The molecule has 6 heteroatoms. The molecule has 1 aliphatic heterocycles. The number of amides is 1. The van der Waals surface area contributed by atoms with Gasteiger partial charge in [0.25, 0.3) is 5.91 Å². The number of methoxy groups -OCH3 is 1. The Labute approximate surface area is 135 Å². The monoisotopic (exact) mass is 312 g/mol. The van der Waals surface area contributed by atoms with E-state index in [9.17, 15) is 4.79 Å². The maximum absolute atomic E-state index is 11.9. The molecule has 3 rings (SSSR count). The van der Waals surface area contributed by atoms with Gasteiger partial charge in [0.05, 0.1) is 12.2 Å². The molecule has 6 nitrogen and oxygen atoms in total. The summed E-state index contributed by atoms with van der Waals surface area (Å²) in [6.07, 6.45) is 5.29. The van der Waals surface area contributed by atoms with Gasteiger partial charge in [-0.3, -0.25) is 4.79 Å². The van der Waals surface area contributed by atoms with Crippen LogP contribution in [0.15, 0.2) is 36.7 Å². The molecule has 0 bridgehead atoms. The van der Waals surface area contributed by atoms with Crippen LogP contribution in [0, 0.1) is 0 Å². The molecule has 0 saturated heterocycles. The molecule has 1 aromatic carbocycles. The highest BCUT2D eigenvalue weighted by molar-refractivity contribution is 5.93. The minimum Gasteiger partial charge on any atom is -0.383 e. The van der Waals surface area contributed by atoms with E-state index in [0.717, 1.165) is 25.1 Å². The lowest BCUT2D eigenvalue weighted by Gasteiger charge is -2.29. The fraction of sp³-hybridized carbons (Fsp3) is 0.353. The first-order valence-corrected chi connectivity index (χ1v) is 7.74. The first-order valence-electron chi connectivity index (χ1n) is 7.74. The summed E-state index contributed by atoms with van der Waals surface area (Å²) >= 11 is 0. The van der Waals surface area contributed by atoms with E-state index in [0.29, 0.717) is 24.7 Å². The quantitative estimate of drug-likeness (QED) is 0.855. The van der Waals surface area contributed by atoms with Crippen molar-refractivity contribution in [2.45, 2.75) is 12.8 Å². The minimum atomic E-state index is -0.187. The number of anilines is 2. The van der Waals surface area contributed by atoms with Gasteiger partial charge in [0.15, 0.2) is 0 Å². The summed E-state index contributed by atoms with van der Waals surface area (Å²) in [5.74, 6) is 0.443. The van der Waals surface area contributed by atoms with Crippen LogP contribution in [-0.2, 0) is 11.2 Å². The Morgan fingerprint density at radius 3 is 2.87 bits per heavy atom. The number of hydrogen-bond donors (Lipinski definition) is 1. The topological polar surface area (TPSA) is 67.3 Å². The Balaban J connectivity index is 1.74. The first-order chi connectivity index (χ1) is 11.3. The number of aryl methyl sites for hydroxylation is 1. The molecule has 0 aliphatic carbocycles. The van der Waals surface area contributed by atoms with Crippen LogP contribution in [0.1, 0.15) is 22.3 Å². The Morgan fingerprint density at radius 1 is 1.30 bits per heavy atom. The molecule has 0 saturated carbocycles. The van der Waals surface area contributed by atoms with Gasteiger partial charge < -0.3 is 15.0 Å².